The molecule has 1 aromatic heterocycles. The van der Waals surface area contributed by atoms with E-state index in [0.717, 1.165) is 19.3 Å². The molecule has 3 nitrogen and oxygen atoms in total. The predicted molar refractivity (Wildman–Crippen MR) is 70.2 cm³/mol. The first kappa shape index (κ1) is 14.2. The average Bonchev–Trinajstić information content (AvgIpc) is 2.85. The lowest BCUT2D eigenvalue weighted by Crippen LogP contribution is -1.99. The van der Waals surface area contributed by atoms with E-state index in [2.05, 4.69) is 9.72 Å². The van der Waals surface area contributed by atoms with E-state index in [1.807, 2.05) is 11.7 Å². The van der Waals surface area contributed by atoms with Gasteiger partial charge in [0.05, 0.1) is 12.6 Å². The quantitative estimate of drug-likeness (QED) is 0.500. The van der Waals surface area contributed by atoms with Gasteiger partial charge in [0, 0.05) is 17.5 Å². The van der Waals surface area contributed by atoms with Crippen molar-refractivity contribution in [3.8, 4) is 0 Å². The monoisotopic (exact) mass is 255 g/mol. The third-order valence-electron chi connectivity index (χ3n) is 2.77. The lowest BCUT2D eigenvalue weighted by molar-refractivity contribution is -0.140. The lowest BCUT2D eigenvalue weighted by Gasteiger charge is -2.01. The molecule has 0 N–H and O–H groups in total. The van der Waals surface area contributed by atoms with Crippen LogP contribution in [0.25, 0.3) is 0 Å². The van der Waals surface area contributed by atoms with Gasteiger partial charge in [0.15, 0.2) is 0 Å². The first-order chi connectivity index (χ1) is 8.33. The molecule has 0 fully saturated rings. The van der Waals surface area contributed by atoms with Gasteiger partial charge in [-0.25, -0.2) is 0 Å². The van der Waals surface area contributed by atoms with Gasteiger partial charge in [0.1, 0.15) is 0 Å². The van der Waals surface area contributed by atoms with Gasteiger partial charge in [0.2, 0.25) is 0 Å². The Hall–Kier alpha value is -0.900. The zero-order valence-corrected chi connectivity index (χ0v) is 11.3. The highest BCUT2D eigenvalue weighted by atomic mass is 32.1. The Bertz CT molecular complexity index is 298. The number of aromatic nitrogens is 1. The summed E-state index contributed by atoms with van der Waals surface area (Å²) >= 11 is 1.74. The van der Waals surface area contributed by atoms with E-state index < -0.39 is 0 Å². The van der Waals surface area contributed by atoms with Crippen molar-refractivity contribution in [2.24, 2.45) is 0 Å². The number of thiazole rings is 1. The predicted octanol–water partition coefficient (Wildman–Crippen LogP) is 3.59. The Morgan fingerprint density at radius 3 is 2.59 bits per heavy atom. The van der Waals surface area contributed by atoms with Crippen LogP contribution in [0.5, 0.6) is 0 Å². The van der Waals surface area contributed by atoms with Crippen LogP contribution in [0.4, 0.5) is 0 Å². The van der Waals surface area contributed by atoms with E-state index in [1.165, 1.54) is 37.7 Å². The van der Waals surface area contributed by atoms with Crippen molar-refractivity contribution in [3.63, 3.8) is 0 Å². The fourth-order valence-corrected chi connectivity index (χ4v) is 2.38. The highest BCUT2D eigenvalue weighted by Gasteiger charge is 1.99. The molecule has 0 saturated heterocycles. The van der Waals surface area contributed by atoms with Gasteiger partial charge in [0.25, 0.3) is 0 Å². The van der Waals surface area contributed by atoms with Gasteiger partial charge in [-0.3, -0.25) is 9.78 Å². The number of aryl methyl sites for hydroxylation is 1. The summed E-state index contributed by atoms with van der Waals surface area (Å²) in [7, 11) is 1.45. The summed E-state index contributed by atoms with van der Waals surface area (Å²) in [5, 5.41) is 0. The molecule has 0 bridgehead atoms. The highest BCUT2D eigenvalue weighted by Crippen LogP contribution is 2.13. The lowest BCUT2D eigenvalue weighted by atomic mass is 10.1. The molecule has 17 heavy (non-hydrogen) atoms. The van der Waals surface area contributed by atoms with Crippen LogP contribution < -0.4 is 0 Å². The molecule has 0 aliphatic carbocycles. The molecule has 0 spiro atoms. The summed E-state index contributed by atoms with van der Waals surface area (Å²) < 4.78 is 4.59. The van der Waals surface area contributed by atoms with E-state index in [9.17, 15) is 4.79 Å². The number of hydrogen-bond acceptors (Lipinski definition) is 4. The Labute approximate surface area is 107 Å². The van der Waals surface area contributed by atoms with Crippen molar-refractivity contribution in [1.82, 2.24) is 4.98 Å². The number of methoxy groups -OCH3 is 1. The highest BCUT2D eigenvalue weighted by molar-refractivity contribution is 7.09. The minimum absolute atomic E-state index is 0.0878. The second-order valence-electron chi connectivity index (χ2n) is 4.17. The maximum atomic E-state index is 10.9. The number of unbranched alkanes of at least 4 members (excludes halogenated alkanes) is 5. The number of nitrogens with zero attached hydrogens (tertiary/aromatic N) is 1. The molecule has 0 aliphatic rings. The van der Waals surface area contributed by atoms with Crippen molar-refractivity contribution in [2.75, 3.05) is 7.11 Å². The summed E-state index contributed by atoms with van der Waals surface area (Å²) in [5.74, 6) is -0.0878. The number of esters is 1. The van der Waals surface area contributed by atoms with Crippen LogP contribution in [0.3, 0.4) is 0 Å². The summed E-state index contributed by atoms with van der Waals surface area (Å²) in [4.78, 5) is 16.3. The SMILES string of the molecule is COC(=O)CCCCCCCCc1cncs1. The number of hydrogen-bond donors (Lipinski definition) is 0. The van der Waals surface area contributed by atoms with Crippen LogP contribution in [0.2, 0.25) is 0 Å². The maximum absolute atomic E-state index is 10.9. The number of carbonyl (C=O) groups excluding carboxylic acids is 1. The first-order valence-corrected chi connectivity index (χ1v) is 7.15. The van der Waals surface area contributed by atoms with Crippen LogP contribution in [0, 0.1) is 0 Å². The van der Waals surface area contributed by atoms with Crippen LogP contribution in [-0.4, -0.2) is 18.1 Å². The molecule has 4 heteroatoms. The van der Waals surface area contributed by atoms with Gasteiger partial charge in [-0.15, -0.1) is 11.3 Å². The molecule has 0 atom stereocenters. The van der Waals surface area contributed by atoms with Crippen LogP contribution in [0.15, 0.2) is 11.7 Å². The molecule has 96 valence electrons. The van der Waals surface area contributed by atoms with Gasteiger partial charge < -0.3 is 4.74 Å². The molecule has 0 saturated carbocycles. The number of rotatable bonds is 9. The standard InChI is InChI=1S/C13H21NO2S/c1-16-13(15)9-7-5-3-2-4-6-8-12-10-14-11-17-12/h10-11H,2-9H2,1H3. The molecule has 0 aliphatic heterocycles. The molecular weight excluding hydrogens is 234 g/mol. The van der Waals surface area contributed by atoms with E-state index in [-0.39, 0.29) is 5.97 Å². The minimum Gasteiger partial charge on any atom is -0.469 e. The molecule has 0 unspecified atom stereocenters. The van der Waals surface area contributed by atoms with Gasteiger partial charge in [-0.2, -0.15) is 0 Å². The second-order valence-corrected chi connectivity index (χ2v) is 5.14. The molecular formula is C13H21NO2S. The fourth-order valence-electron chi connectivity index (χ4n) is 1.74. The van der Waals surface area contributed by atoms with Crippen molar-refractivity contribution in [2.45, 2.75) is 51.4 Å². The van der Waals surface area contributed by atoms with Gasteiger partial charge in [-0.1, -0.05) is 25.7 Å². The van der Waals surface area contributed by atoms with Crippen molar-refractivity contribution in [1.29, 1.82) is 0 Å². The van der Waals surface area contributed by atoms with E-state index in [1.54, 1.807) is 11.3 Å². The summed E-state index contributed by atoms with van der Waals surface area (Å²) in [6.45, 7) is 0. The Morgan fingerprint density at radius 2 is 1.94 bits per heavy atom. The van der Waals surface area contributed by atoms with Crippen LogP contribution in [-0.2, 0) is 16.0 Å². The normalized spacial score (nSPS) is 10.4. The van der Waals surface area contributed by atoms with Crippen LogP contribution >= 0.6 is 11.3 Å². The smallest absolute Gasteiger partial charge is 0.305 e. The Kier molecular flexibility index (Phi) is 7.63. The molecule has 0 aromatic carbocycles. The molecule has 1 heterocycles. The average molecular weight is 255 g/mol. The third kappa shape index (κ3) is 7.10. The van der Waals surface area contributed by atoms with E-state index in [4.69, 9.17) is 0 Å². The zero-order chi connectivity index (χ0) is 12.3. The summed E-state index contributed by atoms with van der Waals surface area (Å²) in [6, 6.07) is 0. The molecule has 1 rings (SSSR count). The van der Waals surface area contributed by atoms with Gasteiger partial charge >= 0.3 is 5.97 Å². The first-order valence-electron chi connectivity index (χ1n) is 6.27. The van der Waals surface area contributed by atoms with E-state index >= 15 is 0 Å². The van der Waals surface area contributed by atoms with Crippen molar-refractivity contribution in [3.05, 3.63) is 16.6 Å². The fraction of sp³-hybridized carbons (Fsp3) is 0.692. The number of carbonyl (C=O) groups is 1. The van der Waals surface area contributed by atoms with Gasteiger partial charge in [-0.05, 0) is 19.3 Å². The second kappa shape index (κ2) is 9.16. The maximum Gasteiger partial charge on any atom is 0.305 e. The summed E-state index contributed by atoms with van der Waals surface area (Å²) in [5.41, 5.74) is 1.89. The topological polar surface area (TPSA) is 39.2 Å². The minimum atomic E-state index is -0.0878. The Balaban J connectivity index is 1.83. The molecule has 1 aromatic rings. The Morgan fingerprint density at radius 1 is 1.24 bits per heavy atom. The third-order valence-corrected chi connectivity index (χ3v) is 3.60. The molecule has 0 amide bonds. The van der Waals surface area contributed by atoms with E-state index in [0.29, 0.717) is 6.42 Å². The molecule has 0 radical (unpaired) electrons. The van der Waals surface area contributed by atoms with Crippen molar-refractivity contribution < 1.29 is 9.53 Å². The zero-order valence-electron chi connectivity index (χ0n) is 10.5. The largest absolute Gasteiger partial charge is 0.469 e. The van der Waals surface area contributed by atoms with Crippen LogP contribution in [0.1, 0.15) is 49.8 Å². The summed E-state index contributed by atoms with van der Waals surface area (Å²) in [6.07, 6.45) is 10.8. The number of ether oxygens (including phenoxy) is 1. The van der Waals surface area contributed by atoms with Crippen molar-refractivity contribution >= 4 is 17.3 Å².